The van der Waals surface area contributed by atoms with E-state index in [0.717, 1.165) is 23.9 Å². The van der Waals surface area contributed by atoms with E-state index >= 15 is 0 Å². The Hall–Kier alpha value is -0.500. The molecule has 84 valence electrons. The summed E-state index contributed by atoms with van der Waals surface area (Å²) in [6, 6.07) is 8.36. The Balaban J connectivity index is 2.64. The van der Waals surface area contributed by atoms with E-state index in [1.165, 1.54) is 5.56 Å². The number of hydrogen-bond acceptors (Lipinski definition) is 1. The van der Waals surface area contributed by atoms with Crippen LogP contribution in [0, 0.1) is 0 Å². The van der Waals surface area contributed by atoms with Crippen LogP contribution >= 0.6 is 15.9 Å². The van der Waals surface area contributed by atoms with Gasteiger partial charge in [0, 0.05) is 5.33 Å². The molecule has 0 N–H and O–H groups in total. The number of halogens is 1. The third kappa shape index (κ3) is 4.25. The summed E-state index contributed by atoms with van der Waals surface area (Å²) in [7, 11) is 0. The third-order valence-corrected chi connectivity index (χ3v) is 2.95. The molecule has 0 aliphatic carbocycles. The van der Waals surface area contributed by atoms with E-state index in [1.54, 1.807) is 0 Å². The summed E-state index contributed by atoms with van der Waals surface area (Å²) in [5.41, 5.74) is 1.27. The molecule has 0 amide bonds. The summed E-state index contributed by atoms with van der Waals surface area (Å²) in [5.74, 6) is 0.958. The van der Waals surface area contributed by atoms with E-state index in [1.807, 2.05) is 0 Å². The van der Waals surface area contributed by atoms with Gasteiger partial charge in [0.1, 0.15) is 11.4 Å². The fourth-order valence-electron chi connectivity index (χ4n) is 1.22. The second kappa shape index (κ2) is 5.55. The molecule has 1 aromatic carbocycles. The standard InChI is InChI=1S/C13H19BrO/c1-4-13(2,3)15-12-7-5-11(6-8-12)9-10-14/h5-8H,4,9-10H2,1-3H3. The fraction of sp³-hybridized carbons (Fsp3) is 0.538. The van der Waals surface area contributed by atoms with Crippen molar-refractivity contribution in [3.8, 4) is 5.75 Å². The van der Waals surface area contributed by atoms with E-state index in [4.69, 9.17) is 4.74 Å². The molecule has 0 unspecified atom stereocenters. The van der Waals surface area contributed by atoms with Crippen molar-refractivity contribution >= 4 is 15.9 Å². The average molecular weight is 271 g/mol. The molecule has 0 radical (unpaired) electrons. The summed E-state index contributed by atoms with van der Waals surface area (Å²) in [4.78, 5) is 0. The number of aryl methyl sites for hydroxylation is 1. The molecule has 1 nitrogen and oxygen atoms in total. The molecule has 1 aromatic rings. The van der Waals surface area contributed by atoms with Gasteiger partial charge in [-0.2, -0.15) is 0 Å². The van der Waals surface area contributed by atoms with Gasteiger partial charge < -0.3 is 4.74 Å². The van der Waals surface area contributed by atoms with Crippen LogP contribution in [0.2, 0.25) is 0 Å². The second-order valence-electron chi connectivity index (χ2n) is 4.30. The molecule has 0 bridgehead atoms. The first kappa shape index (κ1) is 12.6. The van der Waals surface area contributed by atoms with E-state index in [2.05, 4.69) is 61.0 Å². The lowest BCUT2D eigenvalue weighted by atomic mass is 10.1. The molecule has 2 heteroatoms. The largest absolute Gasteiger partial charge is 0.488 e. The van der Waals surface area contributed by atoms with Gasteiger partial charge in [-0.05, 0) is 44.4 Å². The summed E-state index contributed by atoms with van der Waals surface area (Å²) in [6.45, 7) is 6.36. The summed E-state index contributed by atoms with van der Waals surface area (Å²) < 4.78 is 5.87. The van der Waals surface area contributed by atoms with Crippen LogP contribution in [0.15, 0.2) is 24.3 Å². The van der Waals surface area contributed by atoms with Gasteiger partial charge in [0.05, 0.1) is 0 Å². The Bertz CT molecular complexity index is 290. The molecular weight excluding hydrogens is 252 g/mol. The van der Waals surface area contributed by atoms with Crippen LogP contribution in [0.5, 0.6) is 5.75 Å². The van der Waals surface area contributed by atoms with Crippen molar-refractivity contribution in [3.63, 3.8) is 0 Å². The van der Waals surface area contributed by atoms with Gasteiger partial charge >= 0.3 is 0 Å². The third-order valence-electron chi connectivity index (χ3n) is 2.55. The first-order chi connectivity index (χ1) is 7.07. The lowest BCUT2D eigenvalue weighted by Crippen LogP contribution is -2.26. The predicted molar refractivity (Wildman–Crippen MR) is 68.9 cm³/mol. The van der Waals surface area contributed by atoms with Gasteiger partial charge in [0.15, 0.2) is 0 Å². The van der Waals surface area contributed by atoms with Crippen LogP contribution in [0.25, 0.3) is 0 Å². The minimum absolute atomic E-state index is 0.0725. The molecule has 0 saturated heterocycles. The zero-order valence-corrected chi connectivity index (χ0v) is 11.3. The lowest BCUT2D eigenvalue weighted by Gasteiger charge is -2.24. The highest BCUT2D eigenvalue weighted by atomic mass is 79.9. The zero-order valence-electron chi connectivity index (χ0n) is 9.72. The van der Waals surface area contributed by atoms with E-state index in [-0.39, 0.29) is 5.60 Å². The van der Waals surface area contributed by atoms with Crippen molar-refractivity contribution in [2.75, 3.05) is 5.33 Å². The Morgan fingerprint density at radius 3 is 2.27 bits per heavy atom. The topological polar surface area (TPSA) is 9.23 Å². The minimum atomic E-state index is -0.0725. The van der Waals surface area contributed by atoms with Crippen molar-refractivity contribution in [1.29, 1.82) is 0 Å². The summed E-state index contributed by atoms with van der Waals surface area (Å²) in [5, 5.41) is 1.01. The maximum atomic E-state index is 5.87. The molecule has 0 aliphatic rings. The number of hydrogen-bond donors (Lipinski definition) is 0. The van der Waals surface area contributed by atoms with E-state index < -0.39 is 0 Å². The van der Waals surface area contributed by atoms with Crippen LogP contribution < -0.4 is 4.74 Å². The Labute approximate surface area is 101 Å². The van der Waals surface area contributed by atoms with Gasteiger partial charge in [-0.15, -0.1) is 0 Å². The Morgan fingerprint density at radius 2 is 1.80 bits per heavy atom. The van der Waals surface area contributed by atoms with Gasteiger partial charge in [-0.1, -0.05) is 35.0 Å². The molecule has 1 rings (SSSR count). The van der Waals surface area contributed by atoms with Gasteiger partial charge in [-0.25, -0.2) is 0 Å². The van der Waals surface area contributed by atoms with Gasteiger partial charge in [-0.3, -0.25) is 0 Å². The molecule has 15 heavy (non-hydrogen) atoms. The smallest absolute Gasteiger partial charge is 0.120 e. The van der Waals surface area contributed by atoms with Gasteiger partial charge in [0.2, 0.25) is 0 Å². The molecule has 0 saturated carbocycles. The number of ether oxygens (including phenoxy) is 1. The number of alkyl halides is 1. The van der Waals surface area contributed by atoms with Crippen molar-refractivity contribution in [3.05, 3.63) is 29.8 Å². The molecule has 0 fully saturated rings. The highest BCUT2D eigenvalue weighted by Gasteiger charge is 2.16. The van der Waals surface area contributed by atoms with Crippen LogP contribution in [-0.4, -0.2) is 10.9 Å². The van der Waals surface area contributed by atoms with Crippen molar-refractivity contribution in [1.82, 2.24) is 0 Å². The zero-order chi connectivity index (χ0) is 11.3. The lowest BCUT2D eigenvalue weighted by molar-refractivity contribution is 0.105. The quantitative estimate of drug-likeness (QED) is 0.729. The SMILES string of the molecule is CCC(C)(C)Oc1ccc(CCBr)cc1. The summed E-state index contributed by atoms with van der Waals surface area (Å²) in [6.07, 6.45) is 2.08. The molecular formula is C13H19BrO. The van der Waals surface area contributed by atoms with Crippen LogP contribution in [0.4, 0.5) is 0 Å². The summed E-state index contributed by atoms with van der Waals surface area (Å²) >= 11 is 3.43. The molecule has 0 aliphatic heterocycles. The molecule has 0 spiro atoms. The highest BCUT2D eigenvalue weighted by Crippen LogP contribution is 2.21. The first-order valence-electron chi connectivity index (χ1n) is 5.41. The monoisotopic (exact) mass is 270 g/mol. The van der Waals surface area contributed by atoms with Crippen LogP contribution in [-0.2, 0) is 6.42 Å². The predicted octanol–water partition coefficient (Wildman–Crippen LogP) is 4.19. The number of benzene rings is 1. The van der Waals surface area contributed by atoms with Gasteiger partial charge in [0.25, 0.3) is 0 Å². The highest BCUT2D eigenvalue weighted by molar-refractivity contribution is 9.09. The minimum Gasteiger partial charge on any atom is -0.488 e. The maximum absolute atomic E-state index is 5.87. The number of rotatable bonds is 5. The van der Waals surface area contributed by atoms with Crippen molar-refractivity contribution in [2.45, 2.75) is 39.2 Å². The van der Waals surface area contributed by atoms with Crippen molar-refractivity contribution in [2.24, 2.45) is 0 Å². The normalized spacial score (nSPS) is 11.5. The first-order valence-corrected chi connectivity index (χ1v) is 6.53. The molecule has 0 aromatic heterocycles. The maximum Gasteiger partial charge on any atom is 0.120 e. The van der Waals surface area contributed by atoms with E-state index in [9.17, 15) is 0 Å². The molecule has 0 heterocycles. The second-order valence-corrected chi connectivity index (χ2v) is 5.09. The fourth-order valence-corrected chi connectivity index (χ4v) is 1.68. The van der Waals surface area contributed by atoms with Crippen molar-refractivity contribution < 1.29 is 4.74 Å². The average Bonchev–Trinajstić information content (AvgIpc) is 2.21. The van der Waals surface area contributed by atoms with Crippen LogP contribution in [0.3, 0.4) is 0 Å². The molecule has 0 atom stereocenters. The van der Waals surface area contributed by atoms with E-state index in [0.29, 0.717) is 0 Å². The Kier molecular flexibility index (Phi) is 4.65. The van der Waals surface area contributed by atoms with Crippen LogP contribution in [0.1, 0.15) is 32.8 Å². The Morgan fingerprint density at radius 1 is 1.20 bits per heavy atom.